The van der Waals surface area contributed by atoms with E-state index in [1.54, 1.807) is 24.3 Å². The summed E-state index contributed by atoms with van der Waals surface area (Å²) in [5, 5.41) is 10.2. The van der Waals surface area contributed by atoms with Crippen LogP contribution in [0.2, 0.25) is 5.02 Å². The Morgan fingerprint density at radius 1 is 1.45 bits per heavy atom. The van der Waals surface area contributed by atoms with Gasteiger partial charge in [-0.15, -0.1) is 0 Å². The molecule has 20 heavy (non-hydrogen) atoms. The van der Waals surface area contributed by atoms with Crippen LogP contribution in [-0.2, 0) is 19.7 Å². The zero-order valence-electron chi connectivity index (χ0n) is 11.1. The molecule has 0 aromatic heterocycles. The van der Waals surface area contributed by atoms with Crippen molar-refractivity contribution in [3.63, 3.8) is 0 Å². The predicted molar refractivity (Wildman–Crippen MR) is 73.1 cm³/mol. The number of carbonyl (C=O) groups is 2. The average molecular weight is 292 g/mol. The van der Waals surface area contributed by atoms with Crippen LogP contribution in [0.5, 0.6) is 0 Å². The number of nitriles is 1. The van der Waals surface area contributed by atoms with Crippen LogP contribution < -0.4 is 0 Å². The average Bonchev–Trinajstić information content (AvgIpc) is 2.48. The van der Waals surface area contributed by atoms with E-state index in [0.717, 1.165) is 5.56 Å². The van der Waals surface area contributed by atoms with Crippen LogP contribution in [0, 0.1) is 17.2 Å². The van der Waals surface area contributed by atoms with E-state index in [4.69, 9.17) is 11.6 Å². The molecule has 0 bridgehead atoms. The van der Waals surface area contributed by atoms with Gasteiger partial charge in [0.25, 0.3) is 0 Å². The topological polar surface area (TPSA) is 67.2 Å². The number of esters is 1. The second-order valence-corrected chi connectivity index (χ2v) is 5.38. The quantitative estimate of drug-likeness (QED) is 0.620. The summed E-state index contributed by atoms with van der Waals surface area (Å²) in [5.74, 6) is -1.58. The van der Waals surface area contributed by atoms with Crippen LogP contribution in [0.1, 0.15) is 24.8 Å². The lowest BCUT2D eigenvalue weighted by Crippen LogP contribution is -2.40. The number of halogens is 1. The maximum Gasteiger partial charge on any atom is 0.316 e. The van der Waals surface area contributed by atoms with Crippen LogP contribution in [-0.4, -0.2) is 18.9 Å². The number of carbonyl (C=O) groups excluding carboxylic acids is 2. The number of hydrogen-bond acceptors (Lipinski definition) is 4. The molecule has 2 rings (SSSR count). The lowest BCUT2D eigenvalue weighted by Gasteiger charge is -2.34. The van der Waals surface area contributed by atoms with Gasteiger partial charge in [0.2, 0.25) is 0 Å². The molecule has 5 heteroatoms. The molecule has 1 aromatic carbocycles. The lowest BCUT2D eigenvalue weighted by atomic mass is 9.66. The second kappa shape index (κ2) is 5.64. The summed E-state index contributed by atoms with van der Waals surface area (Å²) >= 11 is 5.85. The van der Waals surface area contributed by atoms with Gasteiger partial charge in [0.05, 0.1) is 18.6 Å². The Morgan fingerprint density at radius 3 is 2.65 bits per heavy atom. The third-order valence-corrected chi connectivity index (χ3v) is 4.09. The Kier molecular flexibility index (Phi) is 4.10. The Labute approximate surface area is 122 Å². The second-order valence-electron chi connectivity index (χ2n) is 4.95. The molecule has 2 atom stereocenters. The van der Waals surface area contributed by atoms with Crippen molar-refractivity contribution in [2.75, 3.05) is 7.11 Å². The summed E-state index contributed by atoms with van der Waals surface area (Å²) in [5.41, 5.74) is -0.0528. The van der Waals surface area contributed by atoms with Gasteiger partial charge in [-0.05, 0) is 30.5 Å². The lowest BCUT2D eigenvalue weighted by molar-refractivity contribution is -0.151. The molecule has 0 spiro atoms. The predicted octanol–water partition coefficient (Wildman–Crippen LogP) is 2.64. The van der Waals surface area contributed by atoms with Gasteiger partial charge in [-0.3, -0.25) is 9.59 Å². The molecule has 0 heterocycles. The Bertz CT molecular complexity index is 568. The zero-order valence-corrected chi connectivity index (χ0v) is 11.8. The van der Waals surface area contributed by atoms with E-state index in [1.165, 1.54) is 7.11 Å². The minimum Gasteiger partial charge on any atom is -0.468 e. The van der Waals surface area contributed by atoms with Crippen molar-refractivity contribution in [2.45, 2.75) is 24.7 Å². The van der Waals surface area contributed by atoms with E-state index in [-0.39, 0.29) is 18.6 Å². The van der Waals surface area contributed by atoms with E-state index in [1.807, 2.05) is 0 Å². The highest BCUT2D eigenvalue weighted by Crippen LogP contribution is 2.40. The third kappa shape index (κ3) is 2.54. The highest BCUT2D eigenvalue weighted by Gasteiger charge is 2.45. The number of hydrogen-bond donors (Lipinski definition) is 0. The molecule has 0 aliphatic heterocycles. The van der Waals surface area contributed by atoms with Gasteiger partial charge in [0, 0.05) is 11.4 Å². The van der Waals surface area contributed by atoms with Gasteiger partial charge < -0.3 is 4.74 Å². The number of ether oxygens (including phenoxy) is 1. The molecule has 1 aliphatic carbocycles. The van der Waals surface area contributed by atoms with Gasteiger partial charge >= 0.3 is 5.97 Å². The van der Waals surface area contributed by atoms with E-state index < -0.39 is 17.3 Å². The molecule has 0 radical (unpaired) electrons. The van der Waals surface area contributed by atoms with E-state index >= 15 is 0 Å². The summed E-state index contributed by atoms with van der Waals surface area (Å²) in [7, 11) is 1.25. The Balaban J connectivity index is 2.36. The molecule has 1 aromatic rings. The molecule has 0 N–H and O–H groups in total. The fraction of sp³-hybridized carbons (Fsp3) is 0.400. The van der Waals surface area contributed by atoms with Crippen molar-refractivity contribution in [1.29, 1.82) is 5.26 Å². The molecule has 4 nitrogen and oxygen atoms in total. The summed E-state index contributed by atoms with van der Waals surface area (Å²) in [6.45, 7) is 0. The molecular formula is C15H14ClNO3. The van der Waals surface area contributed by atoms with Crippen LogP contribution in [0.25, 0.3) is 0 Å². The SMILES string of the molecule is COC(=O)C1CC(C#N)(c2ccc(Cl)cc2)CCC1=O. The van der Waals surface area contributed by atoms with Gasteiger partial charge in [0.1, 0.15) is 11.7 Å². The largest absolute Gasteiger partial charge is 0.468 e. The van der Waals surface area contributed by atoms with E-state index in [0.29, 0.717) is 11.4 Å². The van der Waals surface area contributed by atoms with Crippen molar-refractivity contribution >= 4 is 23.4 Å². The minimum absolute atomic E-state index is 0.156. The van der Waals surface area contributed by atoms with Crippen LogP contribution in [0.4, 0.5) is 0 Å². The molecule has 1 aliphatic rings. The highest BCUT2D eigenvalue weighted by atomic mass is 35.5. The standard InChI is InChI=1S/C15H14ClNO3/c1-20-14(19)12-8-15(9-17,7-6-13(12)18)10-2-4-11(16)5-3-10/h2-5,12H,6-8H2,1H3. The van der Waals surface area contributed by atoms with Crippen molar-refractivity contribution in [2.24, 2.45) is 5.92 Å². The van der Waals surface area contributed by atoms with Crippen LogP contribution >= 0.6 is 11.6 Å². The minimum atomic E-state index is -0.857. The van der Waals surface area contributed by atoms with Crippen molar-refractivity contribution in [3.8, 4) is 6.07 Å². The molecule has 104 valence electrons. The van der Waals surface area contributed by atoms with Crippen molar-refractivity contribution in [3.05, 3.63) is 34.9 Å². The first kappa shape index (κ1) is 14.5. The number of Topliss-reactive ketones (excluding diaryl/α,β-unsaturated/α-hetero) is 1. The number of benzene rings is 1. The smallest absolute Gasteiger partial charge is 0.316 e. The van der Waals surface area contributed by atoms with Gasteiger partial charge in [0.15, 0.2) is 0 Å². The fourth-order valence-corrected chi connectivity index (χ4v) is 2.76. The normalized spacial score (nSPS) is 25.9. The summed E-state index contributed by atoms with van der Waals surface area (Å²) < 4.78 is 4.66. The maximum absolute atomic E-state index is 11.9. The Morgan fingerprint density at radius 2 is 2.10 bits per heavy atom. The molecule has 2 unspecified atom stereocenters. The molecule has 0 amide bonds. The summed E-state index contributed by atoms with van der Waals surface area (Å²) in [6, 6.07) is 9.24. The number of rotatable bonds is 2. The maximum atomic E-state index is 11.9. The van der Waals surface area contributed by atoms with Crippen LogP contribution in [0.15, 0.2) is 24.3 Å². The van der Waals surface area contributed by atoms with Crippen molar-refractivity contribution in [1.82, 2.24) is 0 Å². The highest BCUT2D eigenvalue weighted by molar-refractivity contribution is 6.30. The molecular weight excluding hydrogens is 278 g/mol. The number of nitrogens with zero attached hydrogens (tertiary/aromatic N) is 1. The third-order valence-electron chi connectivity index (χ3n) is 3.84. The van der Waals surface area contributed by atoms with Crippen LogP contribution in [0.3, 0.4) is 0 Å². The van der Waals surface area contributed by atoms with Gasteiger partial charge in [-0.2, -0.15) is 5.26 Å². The monoisotopic (exact) mass is 291 g/mol. The van der Waals surface area contributed by atoms with Gasteiger partial charge in [-0.25, -0.2) is 0 Å². The van der Waals surface area contributed by atoms with Gasteiger partial charge in [-0.1, -0.05) is 23.7 Å². The number of methoxy groups -OCH3 is 1. The fourth-order valence-electron chi connectivity index (χ4n) is 2.63. The number of ketones is 1. The van der Waals surface area contributed by atoms with E-state index in [2.05, 4.69) is 10.8 Å². The first-order chi connectivity index (χ1) is 9.52. The summed E-state index contributed by atoms with van der Waals surface area (Å²) in [6.07, 6.45) is 0.782. The van der Waals surface area contributed by atoms with Crippen molar-refractivity contribution < 1.29 is 14.3 Å². The first-order valence-electron chi connectivity index (χ1n) is 6.30. The zero-order chi connectivity index (χ0) is 14.8. The summed E-state index contributed by atoms with van der Waals surface area (Å²) in [4.78, 5) is 23.5. The Hall–Kier alpha value is -1.86. The van der Waals surface area contributed by atoms with E-state index in [9.17, 15) is 14.9 Å². The first-order valence-corrected chi connectivity index (χ1v) is 6.68. The molecule has 0 saturated heterocycles. The molecule has 1 fully saturated rings. The molecule has 1 saturated carbocycles.